The van der Waals surface area contributed by atoms with Gasteiger partial charge in [0.25, 0.3) is 0 Å². The highest BCUT2D eigenvalue weighted by Gasteiger charge is 2.19. The second-order valence-corrected chi connectivity index (χ2v) is 5.43. The van der Waals surface area contributed by atoms with Gasteiger partial charge in [0.2, 0.25) is 0 Å². The van der Waals surface area contributed by atoms with Crippen molar-refractivity contribution in [3.8, 4) is 0 Å². The topological polar surface area (TPSA) is 24.9 Å². The van der Waals surface area contributed by atoms with Crippen molar-refractivity contribution < 1.29 is 0 Å². The predicted molar refractivity (Wildman–Crippen MR) is 73.5 cm³/mol. The standard InChI is InChI=1S/C14H21ClN2/c1-2-11-3-5-12(6-4-11)10-17-13-7-8-16-14(15)9-13/h7-9,11-12H,2-6,10H2,1H3,(H,16,17). The lowest BCUT2D eigenvalue weighted by molar-refractivity contribution is 0.278. The molecule has 1 N–H and O–H groups in total. The van der Waals surface area contributed by atoms with Crippen LogP contribution in [0.25, 0.3) is 0 Å². The minimum absolute atomic E-state index is 0.560. The molecule has 0 saturated heterocycles. The molecule has 1 aromatic heterocycles. The molecule has 17 heavy (non-hydrogen) atoms. The van der Waals surface area contributed by atoms with Crippen LogP contribution in [0.3, 0.4) is 0 Å². The first kappa shape index (κ1) is 12.7. The maximum Gasteiger partial charge on any atom is 0.131 e. The summed E-state index contributed by atoms with van der Waals surface area (Å²) in [6.45, 7) is 3.37. The van der Waals surface area contributed by atoms with Gasteiger partial charge in [0.1, 0.15) is 5.15 Å². The van der Waals surface area contributed by atoms with Crippen molar-refractivity contribution in [3.05, 3.63) is 23.5 Å². The summed E-state index contributed by atoms with van der Waals surface area (Å²) in [4.78, 5) is 3.98. The van der Waals surface area contributed by atoms with Gasteiger partial charge in [0, 0.05) is 18.4 Å². The quantitative estimate of drug-likeness (QED) is 0.806. The van der Waals surface area contributed by atoms with E-state index >= 15 is 0 Å². The van der Waals surface area contributed by atoms with E-state index in [-0.39, 0.29) is 0 Å². The molecule has 0 amide bonds. The summed E-state index contributed by atoms with van der Waals surface area (Å²) >= 11 is 5.85. The number of anilines is 1. The van der Waals surface area contributed by atoms with Crippen molar-refractivity contribution >= 4 is 17.3 Å². The lowest BCUT2D eigenvalue weighted by Gasteiger charge is -2.28. The summed E-state index contributed by atoms with van der Waals surface area (Å²) < 4.78 is 0. The van der Waals surface area contributed by atoms with Gasteiger partial charge in [0.05, 0.1) is 0 Å². The number of rotatable bonds is 4. The van der Waals surface area contributed by atoms with E-state index < -0.39 is 0 Å². The average Bonchev–Trinajstić information content (AvgIpc) is 2.37. The van der Waals surface area contributed by atoms with Crippen molar-refractivity contribution in [2.24, 2.45) is 11.8 Å². The van der Waals surface area contributed by atoms with E-state index in [1.807, 2.05) is 12.1 Å². The summed E-state index contributed by atoms with van der Waals surface area (Å²) in [5.41, 5.74) is 1.09. The Morgan fingerprint density at radius 3 is 2.65 bits per heavy atom. The number of halogens is 1. The Bertz CT molecular complexity index is 346. The third-order valence-electron chi connectivity index (χ3n) is 3.87. The molecule has 94 valence electrons. The highest BCUT2D eigenvalue weighted by Crippen LogP contribution is 2.30. The van der Waals surface area contributed by atoms with Crippen LogP contribution >= 0.6 is 11.6 Å². The fourth-order valence-electron chi connectivity index (χ4n) is 2.62. The summed E-state index contributed by atoms with van der Waals surface area (Å²) in [5, 5.41) is 4.02. The SMILES string of the molecule is CCC1CCC(CNc2ccnc(Cl)c2)CC1. The van der Waals surface area contributed by atoms with Crippen LogP contribution in [-0.4, -0.2) is 11.5 Å². The molecule has 1 aromatic rings. The number of nitrogens with zero attached hydrogens (tertiary/aromatic N) is 1. The number of nitrogens with one attached hydrogen (secondary N) is 1. The van der Waals surface area contributed by atoms with Crippen LogP contribution in [0, 0.1) is 11.8 Å². The molecule has 0 bridgehead atoms. The fourth-order valence-corrected chi connectivity index (χ4v) is 2.79. The Labute approximate surface area is 109 Å². The Balaban J connectivity index is 1.76. The first-order valence-electron chi connectivity index (χ1n) is 6.63. The van der Waals surface area contributed by atoms with Crippen molar-refractivity contribution in [2.75, 3.05) is 11.9 Å². The summed E-state index contributed by atoms with van der Waals surface area (Å²) in [6.07, 6.45) is 8.63. The van der Waals surface area contributed by atoms with Gasteiger partial charge in [-0.05, 0) is 36.8 Å². The van der Waals surface area contributed by atoms with E-state index in [9.17, 15) is 0 Å². The molecule has 0 aromatic carbocycles. The van der Waals surface area contributed by atoms with Crippen LogP contribution in [0.1, 0.15) is 39.0 Å². The van der Waals surface area contributed by atoms with Crippen LogP contribution in [0.2, 0.25) is 5.15 Å². The summed E-state index contributed by atoms with van der Waals surface area (Å²) in [7, 11) is 0. The molecule has 1 fully saturated rings. The number of hydrogen-bond acceptors (Lipinski definition) is 2. The first-order chi connectivity index (χ1) is 8.28. The van der Waals surface area contributed by atoms with Gasteiger partial charge >= 0.3 is 0 Å². The molecule has 0 unspecified atom stereocenters. The lowest BCUT2D eigenvalue weighted by atomic mass is 9.81. The summed E-state index contributed by atoms with van der Waals surface area (Å²) in [6, 6.07) is 3.86. The van der Waals surface area contributed by atoms with E-state index in [0.29, 0.717) is 5.15 Å². The monoisotopic (exact) mass is 252 g/mol. The molecular formula is C14H21ClN2. The van der Waals surface area contributed by atoms with Crippen LogP contribution in [0.15, 0.2) is 18.3 Å². The van der Waals surface area contributed by atoms with E-state index in [1.54, 1.807) is 6.20 Å². The molecule has 0 spiro atoms. The fraction of sp³-hybridized carbons (Fsp3) is 0.643. The third kappa shape index (κ3) is 3.88. The Morgan fingerprint density at radius 1 is 1.29 bits per heavy atom. The van der Waals surface area contributed by atoms with Gasteiger partial charge in [0.15, 0.2) is 0 Å². The zero-order chi connectivity index (χ0) is 12.1. The van der Waals surface area contributed by atoms with Crippen molar-refractivity contribution in [2.45, 2.75) is 39.0 Å². The maximum atomic E-state index is 5.85. The van der Waals surface area contributed by atoms with E-state index in [0.717, 1.165) is 24.1 Å². The van der Waals surface area contributed by atoms with Gasteiger partial charge < -0.3 is 5.32 Å². The van der Waals surface area contributed by atoms with Crippen molar-refractivity contribution in [1.29, 1.82) is 0 Å². The Kier molecular flexibility index (Phi) is 4.66. The second-order valence-electron chi connectivity index (χ2n) is 5.04. The third-order valence-corrected chi connectivity index (χ3v) is 4.07. The zero-order valence-electron chi connectivity index (χ0n) is 10.5. The Hall–Kier alpha value is -0.760. The molecule has 1 aliphatic carbocycles. The van der Waals surface area contributed by atoms with Gasteiger partial charge in [-0.25, -0.2) is 4.98 Å². The van der Waals surface area contributed by atoms with Gasteiger partial charge in [-0.2, -0.15) is 0 Å². The molecule has 1 aliphatic rings. The molecular weight excluding hydrogens is 232 g/mol. The lowest BCUT2D eigenvalue weighted by Crippen LogP contribution is -2.20. The molecule has 2 nitrogen and oxygen atoms in total. The normalized spacial score (nSPS) is 24.6. The van der Waals surface area contributed by atoms with Crippen molar-refractivity contribution in [1.82, 2.24) is 4.98 Å². The molecule has 0 aliphatic heterocycles. The highest BCUT2D eigenvalue weighted by molar-refractivity contribution is 6.29. The number of hydrogen-bond donors (Lipinski definition) is 1. The Morgan fingerprint density at radius 2 is 2.00 bits per heavy atom. The predicted octanol–water partition coefficient (Wildman–Crippen LogP) is 4.36. The second kappa shape index (κ2) is 6.25. The molecule has 1 heterocycles. The van der Waals surface area contributed by atoms with Crippen LogP contribution in [0.5, 0.6) is 0 Å². The van der Waals surface area contributed by atoms with Crippen molar-refractivity contribution in [3.63, 3.8) is 0 Å². The van der Waals surface area contributed by atoms with Gasteiger partial charge in [-0.15, -0.1) is 0 Å². The maximum absolute atomic E-state index is 5.85. The number of pyridine rings is 1. The number of aromatic nitrogens is 1. The first-order valence-corrected chi connectivity index (χ1v) is 7.01. The molecule has 3 heteroatoms. The van der Waals surface area contributed by atoms with E-state index in [2.05, 4.69) is 17.2 Å². The smallest absolute Gasteiger partial charge is 0.131 e. The van der Waals surface area contributed by atoms with Gasteiger partial charge in [-0.3, -0.25) is 0 Å². The molecule has 1 saturated carbocycles. The highest BCUT2D eigenvalue weighted by atomic mass is 35.5. The van der Waals surface area contributed by atoms with Crippen LogP contribution in [-0.2, 0) is 0 Å². The molecule has 0 radical (unpaired) electrons. The van der Waals surface area contributed by atoms with E-state index in [1.165, 1.54) is 32.1 Å². The van der Waals surface area contributed by atoms with E-state index in [4.69, 9.17) is 11.6 Å². The zero-order valence-corrected chi connectivity index (χ0v) is 11.2. The summed E-state index contributed by atoms with van der Waals surface area (Å²) in [5.74, 6) is 1.80. The minimum Gasteiger partial charge on any atom is -0.385 e. The van der Waals surface area contributed by atoms with Gasteiger partial charge in [-0.1, -0.05) is 37.8 Å². The largest absolute Gasteiger partial charge is 0.385 e. The minimum atomic E-state index is 0.560. The molecule has 0 atom stereocenters. The average molecular weight is 253 g/mol. The molecule has 2 rings (SSSR count). The van der Waals surface area contributed by atoms with Crippen LogP contribution < -0.4 is 5.32 Å². The van der Waals surface area contributed by atoms with Crippen LogP contribution in [0.4, 0.5) is 5.69 Å².